The Hall–Kier alpha value is -3.77. The lowest BCUT2D eigenvalue weighted by Gasteiger charge is -2.16. The molecule has 2 aromatic carbocycles. The number of rotatable bonds is 9. The number of nitrogens with zero attached hydrogens (tertiary/aromatic N) is 2. The Morgan fingerprint density at radius 2 is 1.68 bits per heavy atom. The number of benzene rings is 2. The first kappa shape index (κ1) is 35.3. The number of aromatic nitrogens is 2. The molecular formula is C35H48FN3O2. The summed E-state index contributed by atoms with van der Waals surface area (Å²) in [7, 11) is 2.67. The summed E-state index contributed by atoms with van der Waals surface area (Å²) >= 11 is 0. The van der Waals surface area contributed by atoms with Crippen LogP contribution in [-0.2, 0) is 12.8 Å². The van der Waals surface area contributed by atoms with Gasteiger partial charge >= 0.3 is 0 Å². The van der Waals surface area contributed by atoms with Crippen molar-refractivity contribution in [2.45, 2.75) is 67.7 Å². The zero-order valence-electron chi connectivity index (χ0n) is 26.3. The third kappa shape index (κ3) is 9.68. The van der Waals surface area contributed by atoms with Gasteiger partial charge in [-0.1, -0.05) is 53.2 Å². The monoisotopic (exact) mass is 561 g/mol. The summed E-state index contributed by atoms with van der Waals surface area (Å²) in [6, 6.07) is 17.0. The highest BCUT2D eigenvalue weighted by Gasteiger charge is 2.12. The number of aryl methyl sites for hydroxylation is 1. The van der Waals surface area contributed by atoms with Crippen LogP contribution in [0, 0.1) is 12.7 Å². The van der Waals surface area contributed by atoms with Gasteiger partial charge in [-0.05, 0) is 79.9 Å². The van der Waals surface area contributed by atoms with Crippen LogP contribution in [0.15, 0.2) is 66.9 Å². The minimum absolute atomic E-state index is 0.236. The second kappa shape index (κ2) is 19.3. The first-order valence-corrected chi connectivity index (χ1v) is 14.6. The Morgan fingerprint density at radius 3 is 2.29 bits per heavy atom. The van der Waals surface area contributed by atoms with Crippen LogP contribution in [-0.4, -0.2) is 35.8 Å². The van der Waals surface area contributed by atoms with Gasteiger partial charge < -0.3 is 15.2 Å². The lowest BCUT2D eigenvalue weighted by Crippen LogP contribution is -2.17. The van der Waals surface area contributed by atoms with Crippen LogP contribution >= 0.6 is 0 Å². The number of aliphatic hydroxyl groups is 1. The smallest absolute Gasteiger partial charge is 0.145 e. The van der Waals surface area contributed by atoms with Gasteiger partial charge in [0.05, 0.1) is 12.8 Å². The van der Waals surface area contributed by atoms with Crippen molar-refractivity contribution in [1.82, 2.24) is 15.3 Å². The molecule has 0 bridgehead atoms. The molecule has 5 nitrogen and oxygen atoms in total. The SMILES string of the molecule is CC.CC.CC=C(NCCc1cc(CCC)c(C)c(-c2ccc(F)cc2)n1)c1cc(OC)c2ncccc2c1.CO. The van der Waals surface area contributed by atoms with Gasteiger partial charge in [0.15, 0.2) is 0 Å². The maximum Gasteiger partial charge on any atom is 0.145 e. The van der Waals surface area contributed by atoms with E-state index >= 15 is 0 Å². The second-order valence-electron chi connectivity index (χ2n) is 8.64. The number of hydrogen-bond acceptors (Lipinski definition) is 5. The average Bonchev–Trinajstić information content (AvgIpc) is 3.03. The molecule has 6 heteroatoms. The molecule has 0 fully saturated rings. The zero-order chi connectivity index (χ0) is 30.8. The fraction of sp³-hybridized carbons (Fsp3) is 0.371. The number of halogens is 1. The summed E-state index contributed by atoms with van der Waals surface area (Å²) < 4.78 is 19.1. The molecule has 0 radical (unpaired) electrons. The molecule has 0 spiro atoms. The predicted molar refractivity (Wildman–Crippen MR) is 173 cm³/mol. The number of hydrogen-bond donors (Lipinski definition) is 2. The second-order valence-corrected chi connectivity index (χ2v) is 8.64. The third-order valence-electron chi connectivity index (χ3n) is 6.26. The molecule has 0 atom stereocenters. The van der Waals surface area contributed by atoms with E-state index in [-0.39, 0.29) is 5.82 Å². The van der Waals surface area contributed by atoms with E-state index in [4.69, 9.17) is 14.8 Å². The third-order valence-corrected chi connectivity index (χ3v) is 6.26. The highest BCUT2D eigenvalue weighted by Crippen LogP contribution is 2.29. The predicted octanol–water partition coefficient (Wildman–Crippen LogP) is 8.56. The summed E-state index contributed by atoms with van der Waals surface area (Å²) in [5, 5.41) is 11.6. The Labute approximate surface area is 246 Å². The van der Waals surface area contributed by atoms with E-state index in [9.17, 15) is 4.39 Å². The summed E-state index contributed by atoms with van der Waals surface area (Å²) in [6.07, 6.45) is 6.68. The number of pyridine rings is 2. The number of allylic oxidation sites excluding steroid dienone is 1. The molecule has 0 aliphatic carbocycles. The minimum Gasteiger partial charge on any atom is -0.494 e. The lowest BCUT2D eigenvalue weighted by molar-refractivity contribution is 0.399. The zero-order valence-corrected chi connectivity index (χ0v) is 26.3. The first-order chi connectivity index (χ1) is 20.0. The van der Waals surface area contributed by atoms with Crippen LogP contribution in [0.25, 0.3) is 27.9 Å². The van der Waals surface area contributed by atoms with Gasteiger partial charge in [-0.2, -0.15) is 0 Å². The summed E-state index contributed by atoms with van der Waals surface area (Å²) in [4.78, 5) is 9.42. The van der Waals surface area contributed by atoms with Crippen molar-refractivity contribution in [2.24, 2.45) is 0 Å². The summed E-state index contributed by atoms with van der Waals surface area (Å²) in [5.41, 5.74) is 8.33. The number of aliphatic hydroxyl groups excluding tert-OH is 1. The fourth-order valence-electron chi connectivity index (χ4n) is 4.43. The van der Waals surface area contributed by atoms with Crippen LogP contribution in [0.1, 0.15) is 70.3 Å². The van der Waals surface area contributed by atoms with Gasteiger partial charge in [-0.25, -0.2) is 4.39 Å². The highest BCUT2D eigenvalue weighted by atomic mass is 19.1. The van der Waals surface area contributed by atoms with E-state index in [1.807, 2.05) is 65.0 Å². The maximum atomic E-state index is 13.5. The molecule has 2 heterocycles. The molecule has 4 aromatic rings. The van der Waals surface area contributed by atoms with Crippen LogP contribution in [0.5, 0.6) is 5.75 Å². The molecule has 2 N–H and O–H groups in total. The van der Waals surface area contributed by atoms with E-state index in [0.29, 0.717) is 0 Å². The molecule has 0 unspecified atom stereocenters. The van der Waals surface area contributed by atoms with Gasteiger partial charge in [0.2, 0.25) is 0 Å². The molecule has 0 saturated heterocycles. The average molecular weight is 562 g/mol. The standard InChI is InChI=1S/C30H32FN3O.2C2H6.CH4O/c1-5-8-22-18-26(34-29(20(22)3)21-10-12-25(31)13-11-21)14-16-32-27(6-2)24-17-23-9-7-15-33-30(23)28(19-24)35-4;3*1-2/h6-7,9-13,15,17-19,32H,5,8,14,16H2,1-4H3;2*1-2H3;2H,1H3. The number of ether oxygens (including phenoxy) is 1. The molecule has 0 saturated carbocycles. The van der Waals surface area contributed by atoms with Gasteiger partial charge in [-0.15, -0.1) is 0 Å². The van der Waals surface area contributed by atoms with E-state index in [0.717, 1.165) is 77.8 Å². The highest BCUT2D eigenvalue weighted by molar-refractivity contribution is 5.88. The van der Waals surface area contributed by atoms with Crippen LogP contribution in [0.3, 0.4) is 0 Å². The van der Waals surface area contributed by atoms with Crippen molar-refractivity contribution in [3.8, 4) is 17.0 Å². The lowest BCUT2D eigenvalue weighted by atomic mass is 9.97. The molecule has 4 rings (SSSR count). The topological polar surface area (TPSA) is 67.3 Å². The quantitative estimate of drug-likeness (QED) is 0.214. The molecular weight excluding hydrogens is 513 g/mol. The van der Waals surface area contributed by atoms with Gasteiger partial charge in [0.1, 0.15) is 17.1 Å². The normalized spacial score (nSPS) is 10.4. The van der Waals surface area contributed by atoms with Crippen LogP contribution < -0.4 is 10.1 Å². The molecule has 41 heavy (non-hydrogen) atoms. The first-order valence-electron chi connectivity index (χ1n) is 14.6. The van der Waals surface area contributed by atoms with Crippen LogP contribution in [0.4, 0.5) is 4.39 Å². The Morgan fingerprint density at radius 1 is 1.00 bits per heavy atom. The largest absolute Gasteiger partial charge is 0.494 e. The summed E-state index contributed by atoms with van der Waals surface area (Å²) in [6.45, 7) is 15.1. The van der Waals surface area contributed by atoms with Crippen molar-refractivity contribution in [1.29, 1.82) is 0 Å². The fourth-order valence-corrected chi connectivity index (χ4v) is 4.43. The number of methoxy groups -OCH3 is 1. The minimum atomic E-state index is -0.236. The van der Waals surface area contributed by atoms with Crippen molar-refractivity contribution >= 4 is 16.6 Å². The Kier molecular flexibility index (Phi) is 16.6. The van der Waals surface area contributed by atoms with Crippen LogP contribution in [0.2, 0.25) is 0 Å². The van der Waals surface area contributed by atoms with Gasteiger partial charge in [0, 0.05) is 54.2 Å². The van der Waals surface area contributed by atoms with Gasteiger partial charge in [0.25, 0.3) is 0 Å². The molecule has 0 aliphatic heterocycles. The van der Waals surface area contributed by atoms with Crippen molar-refractivity contribution < 1.29 is 14.2 Å². The van der Waals surface area contributed by atoms with E-state index in [1.54, 1.807) is 13.3 Å². The van der Waals surface area contributed by atoms with Crippen molar-refractivity contribution in [3.63, 3.8) is 0 Å². The molecule has 2 aromatic heterocycles. The van der Waals surface area contributed by atoms with E-state index in [2.05, 4.69) is 42.4 Å². The van der Waals surface area contributed by atoms with Crippen molar-refractivity contribution in [3.05, 3.63) is 95.1 Å². The molecule has 222 valence electrons. The number of fused-ring (bicyclic) bond motifs is 1. The Balaban J connectivity index is 0.00000131. The maximum absolute atomic E-state index is 13.5. The summed E-state index contributed by atoms with van der Waals surface area (Å²) in [5.74, 6) is 0.521. The van der Waals surface area contributed by atoms with E-state index in [1.165, 1.54) is 23.3 Å². The molecule has 0 amide bonds. The van der Waals surface area contributed by atoms with Crippen molar-refractivity contribution in [2.75, 3.05) is 20.8 Å². The van der Waals surface area contributed by atoms with Gasteiger partial charge in [-0.3, -0.25) is 9.97 Å². The number of nitrogens with one attached hydrogen (secondary N) is 1. The molecule has 0 aliphatic rings. The Bertz CT molecular complexity index is 1350. The van der Waals surface area contributed by atoms with E-state index < -0.39 is 0 Å².